The van der Waals surface area contributed by atoms with Gasteiger partial charge in [-0.3, -0.25) is 14.4 Å². The minimum atomic E-state index is -0.786. The molecule has 0 aliphatic heterocycles. The van der Waals surface area contributed by atoms with Crippen LogP contribution in [-0.4, -0.2) is 49.6 Å². The molecule has 1 atom stereocenters. The van der Waals surface area contributed by atoms with Crippen molar-refractivity contribution < 1.29 is 14.4 Å². The molecule has 1 fully saturated rings. The van der Waals surface area contributed by atoms with E-state index in [1.165, 1.54) is 6.20 Å². The lowest BCUT2D eigenvalue weighted by Gasteiger charge is -2.21. The molecule has 0 radical (unpaired) electrons. The summed E-state index contributed by atoms with van der Waals surface area (Å²) in [6.07, 6.45) is 1.42. The maximum atomic E-state index is 11.7. The number of nitrogens with zero attached hydrogens (tertiary/aromatic N) is 1. The molecule has 1 rings (SSSR count). The minimum absolute atomic E-state index is 0.0300. The number of carbonyl (C=O) groups is 3. The first-order valence-corrected chi connectivity index (χ1v) is 5.84. The number of ketones is 2. The highest BCUT2D eigenvalue weighted by Crippen LogP contribution is 2.23. The summed E-state index contributed by atoms with van der Waals surface area (Å²) in [5.41, 5.74) is 5.53. The van der Waals surface area contributed by atoms with E-state index in [2.05, 4.69) is 5.32 Å². The van der Waals surface area contributed by atoms with Crippen LogP contribution in [0, 0.1) is 5.92 Å². The van der Waals surface area contributed by atoms with Crippen molar-refractivity contribution in [3.05, 3.63) is 11.8 Å². The van der Waals surface area contributed by atoms with Gasteiger partial charge in [-0.15, -0.1) is 0 Å². The first-order chi connectivity index (χ1) is 8.41. The largest absolute Gasteiger partial charge is 0.389 e. The smallest absolute Gasteiger partial charge is 0.225 e. The maximum Gasteiger partial charge on any atom is 0.225 e. The summed E-state index contributed by atoms with van der Waals surface area (Å²) in [7, 11) is 3.87. The molecule has 0 heterocycles. The van der Waals surface area contributed by atoms with Gasteiger partial charge >= 0.3 is 0 Å². The van der Waals surface area contributed by atoms with Crippen molar-refractivity contribution in [2.24, 2.45) is 11.7 Å². The van der Waals surface area contributed by atoms with Gasteiger partial charge in [-0.25, -0.2) is 0 Å². The van der Waals surface area contributed by atoms with E-state index >= 15 is 0 Å². The van der Waals surface area contributed by atoms with Gasteiger partial charge in [-0.2, -0.15) is 0 Å². The van der Waals surface area contributed by atoms with Crippen molar-refractivity contribution in [1.82, 2.24) is 10.2 Å². The molecule has 1 saturated carbocycles. The highest BCUT2D eigenvalue weighted by atomic mass is 16.2. The number of rotatable bonds is 5. The molecule has 0 spiro atoms. The number of nitrogens with two attached hydrogens (primary N) is 1. The van der Waals surface area contributed by atoms with Crippen LogP contribution in [0.5, 0.6) is 0 Å². The summed E-state index contributed by atoms with van der Waals surface area (Å²) in [5.74, 6) is -1.95. The second-order valence-corrected chi connectivity index (χ2v) is 4.65. The molecule has 1 aliphatic carbocycles. The van der Waals surface area contributed by atoms with Crippen LogP contribution in [-0.2, 0) is 14.4 Å². The molecular formula is C12H19N3O3. The van der Waals surface area contributed by atoms with Crippen LogP contribution in [0.4, 0.5) is 0 Å². The number of carbonyl (C=O) groups excluding carboxylic acids is 3. The third-order valence-corrected chi connectivity index (χ3v) is 2.79. The van der Waals surface area contributed by atoms with Crippen LogP contribution in [0.1, 0.15) is 12.8 Å². The van der Waals surface area contributed by atoms with Gasteiger partial charge in [0.05, 0.1) is 12.3 Å². The Morgan fingerprint density at radius 2 is 2.17 bits per heavy atom. The number of primary amides is 1. The number of likely N-dealkylation sites (N-methyl/N-ethyl adjacent to an activating group) is 1. The molecular weight excluding hydrogens is 234 g/mol. The third-order valence-electron chi connectivity index (χ3n) is 2.79. The molecule has 3 N–H and O–H groups in total. The molecule has 0 saturated heterocycles. The van der Waals surface area contributed by atoms with E-state index in [-0.39, 0.29) is 24.4 Å². The Bertz CT molecular complexity index is 388. The van der Waals surface area contributed by atoms with E-state index in [4.69, 9.17) is 5.73 Å². The molecule has 1 amide bonds. The number of hydrogen-bond donors (Lipinski definition) is 2. The van der Waals surface area contributed by atoms with Crippen molar-refractivity contribution >= 4 is 17.5 Å². The molecule has 18 heavy (non-hydrogen) atoms. The summed E-state index contributed by atoms with van der Waals surface area (Å²) in [5, 5.41) is 2.97. The first kappa shape index (κ1) is 14.4. The number of Topliss-reactive ketones (excluding diaryl/α,β-unsaturated/α-hetero) is 2. The average molecular weight is 253 g/mol. The number of amides is 1. The first-order valence-electron chi connectivity index (χ1n) is 5.84. The summed E-state index contributed by atoms with van der Waals surface area (Å²) >= 11 is 0. The lowest BCUT2D eigenvalue weighted by molar-refractivity contribution is -0.133. The second-order valence-electron chi connectivity index (χ2n) is 4.65. The van der Waals surface area contributed by atoms with Crippen molar-refractivity contribution in [2.75, 3.05) is 27.2 Å². The molecule has 100 valence electrons. The fourth-order valence-electron chi connectivity index (χ4n) is 1.79. The minimum Gasteiger partial charge on any atom is -0.389 e. The van der Waals surface area contributed by atoms with Gasteiger partial charge < -0.3 is 16.0 Å². The zero-order chi connectivity index (χ0) is 13.7. The molecule has 0 aromatic rings. The Labute approximate surface area is 106 Å². The fraction of sp³-hybridized carbons (Fsp3) is 0.583. The van der Waals surface area contributed by atoms with Gasteiger partial charge in [-0.05, 0) is 14.1 Å². The van der Waals surface area contributed by atoms with Gasteiger partial charge in [0, 0.05) is 31.3 Å². The van der Waals surface area contributed by atoms with Gasteiger partial charge in [0.15, 0.2) is 5.78 Å². The van der Waals surface area contributed by atoms with Gasteiger partial charge in [-0.1, -0.05) is 0 Å². The van der Waals surface area contributed by atoms with E-state index < -0.39 is 11.8 Å². The van der Waals surface area contributed by atoms with Crippen LogP contribution in [0.15, 0.2) is 11.8 Å². The molecule has 6 nitrogen and oxygen atoms in total. The molecule has 0 aromatic carbocycles. The van der Waals surface area contributed by atoms with Crippen molar-refractivity contribution in [2.45, 2.75) is 12.8 Å². The maximum absolute atomic E-state index is 11.7. The Hall–Kier alpha value is -1.69. The van der Waals surface area contributed by atoms with E-state index in [9.17, 15) is 14.4 Å². The summed E-state index contributed by atoms with van der Waals surface area (Å²) < 4.78 is 0. The summed E-state index contributed by atoms with van der Waals surface area (Å²) in [6.45, 7) is 1.46. The van der Waals surface area contributed by atoms with Gasteiger partial charge in [0.1, 0.15) is 5.78 Å². The summed E-state index contributed by atoms with van der Waals surface area (Å²) in [6, 6.07) is 0. The quantitative estimate of drug-likeness (QED) is 0.374. The van der Waals surface area contributed by atoms with Crippen molar-refractivity contribution in [1.29, 1.82) is 0 Å². The highest BCUT2D eigenvalue weighted by Gasteiger charge is 2.34. The number of nitrogens with one attached hydrogen (secondary N) is 1. The fourth-order valence-corrected chi connectivity index (χ4v) is 1.79. The molecule has 0 bridgehead atoms. The second kappa shape index (κ2) is 6.30. The molecule has 0 aromatic heterocycles. The lowest BCUT2D eigenvalue weighted by Crippen LogP contribution is -2.36. The van der Waals surface area contributed by atoms with Crippen molar-refractivity contribution in [3.63, 3.8) is 0 Å². The van der Waals surface area contributed by atoms with E-state index in [1.807, 2.05) is 19.0 Å². The van der Waals surface area contributed by atoms with E-state index in [1.54, 1.807) is 0 Å². The van der Waals surface area contributed by atoms with Crippen LogP contribution >= 0.6 is 0 Å². The standard InChI is InChI=1S/C12H19N3O3/c1-15(2)4-3-14-7-10-9(12(13)18)5-8(16)6-11(10)17/h7,9,14H,3-6H2,1-2H3,(H2,13,18). The number of hydrogen-bond acceptors (Lipinski definition) is 5. The Kier molecular flexibility index (Phi) is 5.03. The van der Waals surface area contributed by atoms with E-state index in [0.29, 0.717) is 12.1 Å². The zero-order valence-corrected chi connectivity index (χ0v) is 10.7. The predicted molar refractivity (Wildman–Crippen MR) is 66.6 cm³/mol. The van der Waals surface area contributed by atoms with Crippen LogP contribution in [0.25, 0.3) is 0 Å². The van der Waals surface area contributed by atoms with Gasteiger partial charge in [0.25, 0.3) is 0 Å². The molecule has 6 heteroatoms. The zero-order valence-electron chi connectivity index (χ0n) is 10.7. The van der Waals surface area contributed by atoms with Gasteiger partial charge in [0.2, 0.25) is 5.91 Å². The Morgan fingerprint density at radius 1 is 1.50 bits per heavy atom. The molecule has 1 unspecified atom stereocenters. The Balaban J connectivity index is 2.69. The highest BCUT2D eigenvalue weighted by molar-refractivity contribution is 6.14. The predicted octanol–water partition coefficient (Wildman–Crippen LogP) is -0.945. The SMILES string of the molecule is CN(C)CCNC=C1C(=O)CC(=O)CC1C(N)=O. The normalized spacial score (nSPS) is 22.6. The monoisotopic (exact) mass is 253 g/mol. The Morgan fingerprint density at radius 3 is 2.72 bits per heavy atom. The average Bonchev–Trinajstić information content (AvgIpc) is 2.25. The molecule has 1 aliphatic rings. The lowest BCUT2D eigenvalue weighted by atomic mass is 9.82. The topological polar surface area (TPSA) is 92.5 Å². The van der Waals surface area contributed by atoms with Crippen molar-refractivity contribution in [3.8, 4) is 0 Å². The van der Waals surface area contributed by atoms with Crippen LogP contribution in [0.2, 0.25) is 0 Å². The third kappa shape index (κ3) is 3.96. The summed E-state index contributed by atoms with van der Waals surface area (Å²) in [4.78, 5) is 36.2. The van der Waals surface area contributed by atoms with Crippen LogP contribution < -0.4 is 11.1 Å². The van der Waals surface area contributed by atoms with Crippen LogP contribution in [0.3, 0.4) is 0 Å². The van der Waals surface area contributed by atoms with E-state index in [0.717, 1.165) is 6.54 Å².